The molecule has 2 fully saturated rings. The lowest BCUT2D eigenvalue weighted by molar-refractivity contribution is 0.444. The van der Waals surface area contributed by atoms with Gasteiger partial charge in [0.05, 0.1) is 5.69 Å². The molecular weight excluding hydrogens is 378 g/mol. The lowest BCUT2D eigenvalue weighted by atomic mass is 9.83. The molecule has 0 bridgehead atoms. The van der Waals surface area contributed by atoms with Crippen molar-refractivity contribution in [2.45, 2.75) is 76.5 Å². The zero-order valence-corrected chi connectivity index (χ0v) is 18.5. The van der Waals surface area contributed by atoms with Crippen LogP contribution >= 0.6 is 0 Å². The second-order valence-corrected chi connectivity index (χ2v) is 9.80. The summed E-state index contributed by atoms with van der Waals surface area (Å²) in [5, 5.41) is 3.76. The van der Waals surface area contributed by atoms with Crippen LogP contribution in [0.4, 0.5) is 0 Å². The SMILES string of the molecule is Cc1cc2cc(C3CCCC3)cc(-c3nccc4cc(C5CCCCC5)ccc34)c2o1. The monoisotopic (exact) mass is 409 g/mol. The molecule has 2 saturated carbocycles. The Labute approximate surface area is 184 Å². The molecule has 4 aromatic rings. The van der Waals surface area contributed by atoms with Crippen LogP contribution in [0.3, 0.4) is 0 Å². The number of pyridine rings is 1. The minimum absolute atomic E-state index is 0.672. The van der Waals surface area contributed by atoms with Crippen LogP contribution in [0, 0.1) is 6.92 Å². The molecule has 0 N–H and O–H groups in total. The van der Waals surface area contributed by atoms with Crippen LogP contribution in [-0.4, -0.2) is 4.98 Å². The van der Waals surface area contributed by atoms with Gasteiger partial charge in [-0.2, -0.15) is 0 Å². The fraction of sp³-hybridized carbons (Fsp3) is 0.414. The smallest absolute Gasteiger partial charge is 0.143 e. The molecule has 0 spiro atoms. The van der Waals surface area contributed by atoms with E-state index in [1.54, 1.807) is 0 Å². The fourth-order valence-corrected chi connectivity index (χ4v) is 6.08. The summed E-state index contributed by atoms with van der Waals surface area (Å²) in [6.07, 6.45) is 14.1. The third-order valence-corrected chi connectivity index (χ3v) is 7.71. The van der Waals surface area contributed by atoms with Gasteiger partial charge < -0.3 is 4.42 Å². The van der Waals surface area contributed by atoms with Crippen molar-refractivity contribution < 1.29 is 4.42 Å². The van der Waals surface area contributed by atoms with Crippen LogP contribution in [0.5, 0.6) is 0 Å². The molecule has 0 atom stereocenters. The summed E-state index contributed by atoms with van der Waals surface area (Å²) in [5.41, 5.74) is 6.16. The summed E-state index contributed by atoms with van der Waals surface area (Å²) in [6.45, 7) is 2.05. The Morgan fingerprint density at radius 1 is 0.742 bits per heavy atom. The van der Waals surface area contributed by atoms with Gasteiger partial charge in [-0.3, -0.25) is 4.98 Å². The molecule has 2 heteroatoms. The van der Waals surface area contributed by atoms with Crippen LogP contribution in [0.15, 0.2) is 53.1 Å². The molecule has 6 rings (SSSR count). The molecule has 31 heavy (non-hydrogen) atoms. The van der Waals surface area contributed by atoms with Gasteiger partial charge in [0.25, 0.3) is 0 Å². The maximum absolute atomic E-state index is 6.20. The highest BCUT2D eigenvalue weighted by Crippen LogP contribution is 2.41. The molecule has 2 heterocycles. The average molecular weight is 410 g/mol. The van der Waals surface area contributed by atoms with E-state index in [2.05, 4.69) is 42.5 Å². The summed E-state index contributed by atoms with van der Waals surface area (Å²) in [4.78, 5) is 4.89. The number of hydrogen-bond acceptors (Lipinski definition) is 2. The molecule has 0 amide bonds. The fourth-order valence-electron chi connectivity index (χ4n) is 6.08. The second kappa shape index (κ2) is 7.82. The van der Waals surface area contributed by atoms with Crippen molar-refractivity contribution >= 4 is 21.7 Å². The number of furan rings is 1. The summed E-state index contributed by atoms with van der Waals surface area (Å²) < 4.78 is 6.20. The van der Waals surface area contributed by atoms with Crippen LogP contribution in [0.2, 0.25) is 0 Å². The van der Waals surface area contributed by atoms with E-state index < -0.39 is 0 Å². The zero-order chi connectivity index (χ0) is 20.8. The summed E-state index contributed by atoms with van der Waals surface area (Å²) in [5.74, 6) is 2.37. The third-order valence-electron chi connectivity index (χ3n) is 7.71. The van der Waals surface area contributed by atoms with Gasteiger partial charge in [-0.15, -0.1) is 0 Å². The number of rotatable bonds is 3. The number of aryl methyl sites for hydroxylation is 1. The van der Waals surface area contributed by atoms with E-state index in [9.17, 15) is 0 Å². The Hall–Kier alpha value is -2.61. The van der Waals surface area contributed by atoms with E-state index in [1.807, 2.05) is 13.1 Å². The average Bonchev–Trinajstić information content (AvgIpc) is 3.47. The molecule has 0 unspecified atom stereocenters. The number of benzene rings is 2. The molecule has 2 aromatic carbocycles. The predicted octanol–water partition coefficient (Wildman–Crippen LogP) is 8.66. The first-order valence-electron chi connectivity index (χ1n) is 12.2. The maximum atomic E-state index is 6.20. The van der Waals surface area contributed by atoms with Crippen molar-refractivity contribution in [3.63, 3.8) is 0 Å². The molecule has 0 saturated heterocycles. The van der Waals surface area contributed by atoms with Crippen LogP contribution in [0.25, 0.3) is 33.0 Å². The molecular formula is C29H31NO. The van der Waals surface area contributed by atoms with Gasteiger partial charge in [0.15, 0.2) is 0 Å². The van der Waals surface area contributed by atoms with Crippen molar-refractivity contribution in [3.05, 3.63) is 65.5 Å². The number of fused-ring (bicyclic) bond motifs is 2. The van der Waals surface area contributed by atoms with E-state index >= 15 is 0 Å². The van der Waals surface area contributed by atoms with Crippen LogP contribution < -0.4 is 0 Å². The Bertz CT molecular complexity index is 1240. The third kappa shape index (κ3) is 3.46. The van der Waals surface area contributed by atoms with Crippen LogP contribution in [-0.2, 0) is 0 Å². The van der Waals surface area contributed by atoms with Crippen molar-refractivity contribution in [1.82, 2.24) is 4.98 Å². The first-order valence-corrected chi connectivity index (χ1v) is 12.2. The van der Waals surface area contributed by atoms with Gasteiger partial charge in [-0.05, 0) is 85.2 Å². The zero-order valence-electron chi connectivity index (χ0n) is 18.5. The molecule has 2 aliphatic rings. The standard InChI is InChI=1S/C29H31NO/c1-19-15-25-17-24(21-9-5-6-10-21)18-27(29(25)31-19)28-26-12-11-22(16-23(26)13-14-30-28)20-7-3-2-4-8-20/h11-18,20-21H,2-10H2,1H3. The Morgan fingerprint density at radius 3 is 2.26 bits per heavy atom. The minimum atomic E-state index is 0.672. The van der Waals surface area contributed by atoms with Gasteiger partial charge in [0, 0.05) is 22.5 Å². The highest BCUT2D eigenvalue weighted by molar-refractivity contribution is 6.02. The van der Waals surface area contributed by atoms with E-state index in [4.69, 9.17) is 9.40 Å². The van der Waals surface area contributed by atoms with Crippen molar-refractivity contribution in [3.8, 4) is 11.3 Å². The maximum Gasteiger partial charge on any atom is 0.143 e. The lowest BCUT2D eigenvalue weighted by Gasteiger charge is -2.22. The Morgan fingerprint density at radius 2 is 1.45 bits per heavy atom. The lowest BCUT2D eigenvalue weighted by Crippen LogP contribution is -2.04. The number of aromatic nitrogens is 1. The topological polar surface area (TPSA) is 26.0 Å². The Kier molecular flexibility index (Phi) is 4.82. The molecule has 158 valence electrons. The summed E-state index contributed by atoms with van der Waals surface area (Å²) >= 11 is 0. The summed E-state index contributed by atoms with van der Waals surface area (Å²) in [7, 11) is 0. The van der Waals surface area contributed by atoms with E-state index in [1.165, 1.54) is 85.1 Å². The van der Waals surface area contributed by atoms with Gasteiger partial charge >= 0.3 is 0 Å². The minimum Gasteiger partial charge on any atom is -0.461 e. The van der Waals surface area contributed by atoms with Gasteiger partial charge in [0.2, 0.25) is 0 Å². The van der Waals surface area contributed by atoms with Crippen molar-refractivity contribution in [2.24, 2.45) is 0 Å². The van der Waals surface area contributed by atoms with Gasteiger partial charge in [0.1, 0.15) is 11.3 Å². The first-order chi connectivity index (χ1) is 15.3. The van der Waals surface area contributed by atoms with Crippen molar-refractivity contribution in [1.29, 1.82) is 0 Å². The molecule has 0 radical (unpaired) electrons. The first kappa shape index (κ1) is 19.1. The molecule has 2 nitrogen and oxygen atoms in total. The van der Waals surface area contributed by atoms with Crippen molar-refractivity contribution in [2.75, 3.05) is 0 Å². The molecule has 2 aliphatic carbocycles. The highest BCUT2D eigenvalue weighted by Gasteiger charge is 2.22. The van der Waals surface area contributed by atoms with E-state index in [-0.39, 0.29) is 0 Å². The summed E-state index contributed by atoms with van der Waals surface area (Å²) in [6, 6.07) is 16.2. The number of nitrogens with zero attached hydrogens (tertiary/aromatic N) is 1. The predicted molar refractivity (Wildman–Crippen MR) is 129 cm³/mol. The number of hydrogen-bond donors (Lipinski definition) is 0. The normalized spacial score (nSPS) is 18.4. The Balaban J connectivity index is 1.51. The van der Waals surface area contributed by atoms with E-state index in [0.717, 1.165) is 28.5 Å². The quantitative estimate of drug-likeness (QED) is 0.338. The van der Waals surface area contributed by atoms with Gasteiger partial charge in [-0.1, -0.05) is 50.3 Å². The van der Waals surface area contributed by atoms with Crippen LogP contribution in [0.1, 0.15) is 86.5 Å². The second-order valence-electron chi connectivity index (χ2n) is 9.80. The highest BCUT2D eigenvalue weighted by atomic mass is 16.3. The molecule has 0 aliphatic heterocycles. The largest absolute Gasteiger partial charge is 0.461 e. The molecule has 2 aromatic heterocycles. The van der Waals surface area contributed by atoms with E-state index in [0.29, 0.717) is 5.92 Å². The van der Waals surface area contributed by atoms with Gasteiger partial charge in [-0.25, -0.2) is 0 Å².